The standard InChI is InChI=1S/C11H24.C10H22.C9H20.C7H16.4CH4/c1-8(2)10(9(3)4)11(5,6)7;1-7(2)10(8(3)4)9(5)6;1-6-9(7(2)3)8(4)5;1-6(2)5-7(3)4;;;;/h8-10H,1-7H3;7-10H,1-6H3;7-9H,6H2,1-5H3;6-7H,5H2,1-4H3;4*1H4. The summed E-state index contributed by atoms with van der Waals surface area (Å²) in [5.41, 5.74) is 0.461. The van der Waals surface area contributed by atoms with Crippen molar-refractivity contribution in [3.63, 3.8) is 0 Å². The Morgan fingerprint density at radius 1 is 0.390 bits per heavy atom. The highest BCUT2D eigenvalue weighted by Gasteiger charge is 2.29. The van der Waals surface area contributed by atoms with Gasteiger partial charge in [-0.15, -0.1) is 0 Å². The van der Waals surface area contributed by atoms with Gasteiger partial charge in [-0.1, -0.05) is 188 Å². The quantitative estimate of drug-likeness (QED) is 0.237. The maximum absolute atomic E-state index is 2.34. The number of hydrogen-bond acceptors (Lipinski definition) is 0. The van der Waals surface area contributed by atoms with Gasteiger partial charge in [-0.2, -0.15) is 0 Å². The first-order chi connectivity index (χ1) is 16.4. The van der Waals surface area contributed by atoms with E-state index in [4.69, 9.17) is 0 Å². The van der Waals surface area contributed by atoms with Crippen LogP contribution in [0.2, 0.25) is 0 Å². The molecule has 0 heterocycles. The Hall–Kier alpha value is 0. The van der Waals surface area contributed by atoms with E-state index in [1.165, 1.54) is 12.8 Å². The molecule has 0 radical (unpaired) electrons. The molecule has 0 N–H and O–H groups in total. The highest BCUT2D eigenvalue weighted by atomic mass is 14.3. The lowest BCUT2D eigenvalue weighted by Gasteiger charge is -2.37. The smallest absolute Gasteiger partial charge is 0.0319 e. The highest BCUT2D eigenvalue weighted by Crippen LogP contribution is 2.37. The molecular formula is C41H98. The van der Waals surface area contributed by atoms with E-state index >= 15 is 0 Å². The average molecular weight is 591 g/mol. The van der Waals surface area contributed by atoms with Gasteiger partial charge in [0.05, 0.1) is 0 Å². The third-order valence-corrected chi connectivity index (χ3v) is 7.87. The lowest BCUT2D eigenvalue weighted by Crippen LogP contribution is -2.29. The van der Waals surface area contributed by atoms with Crippen molar-refractivity contribution in [2.75, 3.05) is 0 Å². The Labute approximate surface area is 270 Å². The number of hydrogen-bond donors (Lipinski definition) is 0. The molecule has 0 bridgehead atoms. The molecule has 0 aromatic rings. The summed E-state index contributed by atoms with van der Waals surface area (Å²) < 4.78 is 0. The van der Waals surface area contributed by atoms with E-state index in [1.807, 2.05) is 0 Å². The van der Waals surface area contributed by atoms with Crippen molar-refractivity contribution in [2.45, 2.75) is 195 Å². The zero-order chi connectivity index (χ0) is 30.8. The van der Waals surface area contributed by atoms with E-state index in [0.29, 0.717) is 5.41 Å². The SMILES string of the molecule is C.C.C.C.CC(C)C(C(C)C)C(C)(C)C.CC(C)C(C(C)C)C(C)C.CC(C)CC(C)C.CCC(C(C)C)C(C)C. The molecule has 0 amide bonds. The van der Waals surface area contributed by atoms with E-state index in [1.54, 1.807) is 0 Å². The number of rotatable bonds is 10. The largest absolute Gasteiger partial charge is 0.0776 e. The molecule has 0 aliphatic rings. The third kappa shape index (κ3) is 36.1. The first-order valence-corrected chi connectivity index (χ1v) is 16.4. The zero-order valence-corrected chi connectivity index (χ0v) is 30.8. The lowest BCUT2D eigenvalue weighted by atomic mass is 9.69. The van der Waals surface area contributed by atoms with Gasteiger partial charge in [-0.05, 0) is 82.9 Å². The van der Waals surface area contributed by atoms with Crippen LogP contribution in [0.3, 0.4) is 0 Å². The maximum Gasteiger partial charge on any atom is -0.0319 e. The van der Waals surface area contributed by atoms with Crippen LogP contribution in [-0.4, -0.2) is 0 Å². The predicted octanol–water partition coefficient (Wildman–Crippen LogP) is 16.1. The second-order valence-electron chi connectivity index (χ2n) is 16.3. The van der Waals surface area contributed by atoms with Crippen molar-refractivity contribution in [3.8, 4) is 0 Å². The summed E-state index contributed by atoms with van der Waals surface area (Å²) in [5.74, 6) is 10.2. The summed E-state index contributed by atoms with van der Waals surface area (Å²) in [4.78, 5) is 0. The van der Waals surface area contributed by atoms with E-state index < -0.39 is 0 Å². The van der Waals surface area contributed by atoms with Gasteiger partial charge < -0.3 is 0 Å². The van der Waals surface area contributed by atoms with Crippen LogP contribution in [0.25, 0.3) is 0 Å². The summed E-state index contributed by atoms with van der Waals surface area (Å²) in [5, 5.41) is 0. The van der Waals surface area contributed by atoms with E-state index in [2.05, 4.69) is 152 Å². The molecule has 0 unspecified atom stereocenters. The van der Waals surface area contributed by atoms with Crippen LogP contribution in [0.15, 0.2) is 0 Å². The summed E-state index contributed by atoms with van der Waals surface area (Å²) >= 11 is 0. The third-order valence-electron chi connectivity index (χ3n) is 7.87. The van der Waals surface area contributed by atoms with Crippen LogP contribution in [0, 0.1) is 76.4 Å². The Kier molecular flexibility index (Phi) is 46.2. The van der Waals surface area contributed by atoms with Crippen molar-refractivity contribution < 1.29 is 0 Å². The normalized spacial score (nSPS) is 11.3. The summed E-state index contributed by atoms with van der Waals surface area (Å²) in [7, 11) is 0. The van der Waals surface area contributed by atoms with Crippen LogP contribution >= 0.6 is 0 Å². The lowest BCUT2D eigenvalue weighted by molar-refractivity contribution is 0.124. The summed E-state index contributed by atoms with van der Waals surface area (Å²) in [6.07, 6.45) is 2.69. The summed E-state index contributed by atoms with van der Waals surface area (Å²) in [6.45, 7) is 50.9. The highest BCUT2D eigenvalue weighted by molar-refractivity contribution is 4.78. The van der Waals surface area contributed by atoms with Crippen LogP contribution < -0.4 is 0 Å². The van der Waals surface area contributed by atoms with Crippen LogP contribution in [0.5, 0.6) is 0 Å². The molecular weight excluding hydrogens is 492 g/mol. The Balaban J connectivity index is -0.0000000578. The van der Waals surface area contributed by atoms with Crippen molar-refractivity contribution in [3.05, 3.63) is 0 Å². The first kappa shape index (κ1) is 60.2. The molecule has 0 aliphatic carbocycles. The molecule has 0 heteroatoms. The predicted molar refractivity (Wildman–Crippen MR) is 205 cm³/mol. The van der Waals surface area contributed by atoms with Crippen LogP contribution in [0.1, 0.15) is 195 Å². The van der Waals surface area contributed by atoms with Gasteiger partial charge in [0.1, 0.15) is 0 Å². The van der Waals surface area contributed by atoms with Crippen LogP contribution in [0.4, 0.5) is 0 Å². The minimum absolute atomic E-state index is 0. The second kappa shape index (κ2) is 31.4. The Morgan fingerprint density at radius 2 is 0.634 bits per heavy atom. The van der Waals surface area contributed by atoms with Gasteiger partial charge >= 0.3 is 0 Å². The minimum Gasteiger partial charge on any atom is -0.0776 e. The zero-order valence-electron chi connectivity index (χ0n) is 30.8. The fourth-order valence-electron chi connectivity index (χ4n) is 7.73. The van der Waals surface area contributed by atoms with Gasteiger partial charge in [0.2, 0.25) is 0 Å². The van der Waals surface area contributed by atoms with E-state index in [9.17, 15) is 0 Å². The molecule has 0 aromatic heterocycles. The van der Waals surface area contributed by atoms with Crippen molar-refractivity contribution in [1.29, 1.82) is 0 Å². The Bertz CT molecular complexity index is 412. The summed E-state index contributed by atoms with van der Waals surface area (Å²) in [6, 6.07) is 0. The monoisotopic (exact) mass is 591 g/mol. The first-order valence-electron chi connectivity index (χ1n) is 16.4. The van der Waals surface area contributed by atoms with Crippen molar-refractivity contribution in [1.82, 2.24) is 0 Å². The molecule has 0 nitrogen and oxygen atoms in total. The maximum atomic E-state index is 2.34. The topological polar surface area (TPSA) is 0 Å². The molecule has 0 aliphatic heterocycles. The van der Waals surface area contributed by atoms with Gasteiger partial charge in [0, 0.05) is 0 Å². The fraction of sp³-hybridized carbons (Fsp3) is 1.00. The van der Waals surface area contributed by atoms with Crippen molar-refractivity contribution in [2.24, 2.45) is 76.4 Å². The second-order valence-corrected chi connectivity index (χ2v) is 16.3. The van der Waals surface area contributed by atoms with Gasteiger partial charge in [0.15, 0.2) is 0 Å². The van der Waals surface area contributed by atoms with E-state index in [0.717, 1.165) is 71.0 Å². The Morgan fingerprint density at radius 3 is 0.634 bits per heavy atom. The van der Waals surface area contributed by atoms with Crippen LogP contribution in [-0.2, 0) is 0 Å². The molecule has 41 heavy (non-hydrogen) atoms. The molecule has 0 spiro atoms. The van der Waals surface area contributed by atoms with Gasteiger partial charge in [-0.3, -0.25) is 0 Å². The molecule has 0 saturated carbocycles. The minimum atomic E-state index is 0. The van der Waals surface area contributed by atoms with Gasteiger partial charge in [-0.25, -0.2) is 0 Å². The average Bonchev–Trinajstić information content (AvgIpc) is 2.58. The fourth-order valence-corrected chi connectivity index (χ4v) is 7.73. The molecule has 0 fully saturated rings. The molecule has 0 saturated heterocycles. The molecule has 0 aromatic carbocycles. The van der Waals surface area contributed by atoms with Crippen molar-refractivity contribution >= 4 is 0 Å². The van der Waals surface area contributed by atoms with Gasteiger partial charge in [0.25, 0.3) is 0 Å². The van der Waals surface area contributed by atoms with E-state index in [-0.39, 0.29) is 29.7 Å². The molecule has 0 rings (SSSR count). The molecule has 262 valence electrons. The molecule has 0 atom stereocenters.